The fourth-order valence-electron chi connectivity index (χ4n) is 1.26. The molecule has 0 saturated heterocycles. The van der Waals surface area contributed by atoms with Crippen LogP contribution in [-0.2, 0) is 11.3 Å². The highest BCUT2D eigenvalue weighted by molar-refractivity contribution is 7.09. The summed E-state index contributed by atoms with van der Waals surface area (Å²) in [6, 6.07) is 5.63. The van der Waals surface area contributed by atoms with Crippen molar-refractivity contribution in [2.24, 2.45) is 0 Å². The van der Waals surface area contributed by atoms with Crippen molar-refractivity contribution in [2.75, 3.05) is 6.54 Å². The van der Waals surface area contributed by atoms with Gasteiger partial charge in [0.25, 0.3) is 0 Å². The number of hydrogen-bond acceptors (Lipinski definition) is 4. The maximum Gasteiger partial charge on any atom is 0.222 e. The van der Waals surface area contributed by atoms with E-state index < -0.39 is 6.04 Å². The molecule has 0 aliphatic carbocycles. The van der Waals surface area contributed by atoms with Crippen molar-refractivity contribution in [1.82, 2.24) is 10.6 Å². The average Bonchev–Trinajstić information content (AvgIpc) is 2.77. The van der Waals surface area contributed by atoms with Crippen LogP contribution >= 0.6 is 11.3 Å². The largest absolute Gasteiger partial charge is 0.356 e. The summed E-state index contributed by atoms with van der Waals surface area (Å²) < 4.78 is 0. The number of carbonyl (C=O) groups excluding carboxylic acids is 1. The number of thiophene rings is 1. The number of nitriles is 1. The Hall–Kier alpha value is -1.38. The molecule has 4 nitrogen and oxygen atoms in total. The minimum Gasteiger partial charge on any atom is -0.356 e. The lowest BCUT2D eigenvalue weighted by molar-refractivity contribution is -0.121. The van der Waals surface area contributed by atoms with Crippen LogP contribution in [0.2, 0.25) is 0 Å². The Balaban J connectivity index is 2.32. The Bertz CT molecular complexity index is 356. The first-order valence-corrected chi connectivity index (χ1v) is 6.06. The molecule has 0 radical (unpaired) electrons. The van der Waals surface area contributed by atoms with Crippen LogP contribution in [0.5, 0.6) is 0 Å². The SMILES string of the molecule is CCNC(=O)CC(C#N)NCc1cccs1. The second-order valence-electron chi connectivity index (χ2n) is 3.30. The van der Waals surface area contributed by atoms with Gasteiger partial charge >= 0.3 is 0 Å². The Morgan fingerprint density at radius 2 is 2.50 bits per heavy atom. The Morgan fingerprint density at radius 1 is 1.69 bits per heavy atom. The second-order valence-corrected chi connectivity index (χ2v) is 4.33. The number of nitrogens with zero attached hydrogens (tertiary/aromatic N) is 1. The quantitative estimate of drug-likeness (QED) is 0.782. The van der Waals surface area contributed by atoms with Crippen molar-refractivity contribution >= 4 is 17.2 Å². The molecule has 1 heterocycles. The van der Waals surface area contributed by atoms with Crippen molar-refractivity contribution in [3.8, 4) is 6.07 Å². The minimum atomic E-state index is -0.423. The van der Waals surface area contributed by atoms with E-state index in [0.29, 0.717) is 13.1 Å². The van der Waals surface area contributed by atoms with E-state index in [4.69, 9.17) is 5.26 Å². The van der Waals surface area contributed by atoms with Crippen molar-refractivity contribution in [3.63, 3.8) is 0 Å². The van der Waals surface area contributed by atoms with E-state index in [1.807, 2.05) is 24.4 Å². The molecule has 0 aliphatic heterocycles. The molecule has 16 heavy (non-hydrogen) atoms. The highest BCUT2D eigenvalue weighted by atomic mass is 32.1. The molecule has 1 atom stereocenters. The van der Waals surface area contributed by atoms with Crippen molar-refractivity contribution in [3.05, 3.63) is 22.4 Å². The predicted molar refractivity (Wildman–Crippen MR) is 63.9 cm³/mol. The van der Waals surface area contributed by atoms with Gasteiger partial charge in [0, 0.05) is 18.0 Å². The van der Waals surface area contributed by atoms with Gasteiger partial charge in [-0.15, -0.1) is 11.3 Å². The Morgan fingerprint density at radius 3 is 3.06 bits per heavy atom. The topological polar surface area (TPSA) is 64.9 Å². The van der Waals surface area contributed by atoms with Crippen LogP contribution in [0.4, 0.5) is 0 Å². The number of carbonyl (C=O) groups is 1. The van der Waals surface area contributed by atoms with Crippen LogP contribution < -0.4 is 10.6 Å². The number of nitrogens with one attached hydrogen (secondary N) is 2. The zero-order valence-corrected chi connectivity index (χ0v) is 10.0. The summed E-state index contributed by atoms with van der Waals surface area (Å²) in [5.74, 6) is -0.0901. The molecule has 0 saturated carbocycles. The van der Waals surface area contributed by atoms with Gasteiger partial charge < -0.3 is 5.32 Å². The molecule has 86 valence electrons. The maximum absolute atomic E-state index is 11.3. The van der Waals surface area contributed by atoms with E-state index in [0.717, 1.165) is 4.88 Å². The van der Waals surface area contributed by atoms with Gasteiger partial charge in [-0.3, -0.25) is 10.1 Å². The van der Waals surface area contributed by atoms with Crippen LogP contribution in [0.15, 0.2) is 17.5 Å². The van der Waals surface area contributed by atoms with Crippen LogP contribution in [0.1, 0.15) is 18.2 Å². The van der Waals surface area contributed by atoms with Gasteiger partial charge in [0.1, 0.15) is 6.04 Å². The smallest absolute Gasteiger partial charge is 0.222 e. The zero-order valence-electron chi connectivity index (χ0n) is 9.19. The summed E-state index contributed by atoms with van der Waals surface area (Å²) in [5, 5.41) is 16.6. The molecule has 0 fully saturated rings. The van der Waals surface area contributed by atoms with Gasteiger partial charge in [0.2, 0.25) is 5.91 Å². The van der Waals surface area contributed by atoms with Crippen molar-refractivity contribution < 1.29 is 4.79 Å². The van der Waals surface area contributed by atoms with Crippen molar-refractivity contribution in [1.29, 1.82) is 5.26 Å². The molecule has 0 aliphatic rings. The van der Waals surface area contributed by atoms with E-state index in [2.05, 4.69) is 16.7 Å². The third kappa shape index (κ3) is 4.43. The third-order valence-corrected chi connectivity index (χ3v) is 2.90. The fourth-order valence-corrected chi connectivity index (χ4v) is 1.91. The lowest BCUT2D eigenvalue weighted by Crippen LogP contribution is -2.34. The van der Waals surface area contributed by atoms with Crippen LogP contribution in [0.25, 0.3) is 0 Å². The van der Waals surface area contributed by atoms with Gasteiger partial charge in [-0.05, 0) is 18.4 Å². The third-order valence-electron chi connectivity index (χ3n) is 2.02. The summed E-state index contributed by atoms with van der Waals surface area (Å²) in [5.41, 5.74) is 0. The Kier molecular flexibility index (Phi) is 5.54. The molecule has 5 heteroatoms. The zero-order chi connectivity index (χ0) is 11.8. The van der Waals surface area contributed by atoms with Crippen LogP contribution in [0.3, 0.4) is 0 Å². The second kappa shape index (κ2) is 6.99. The highest BCUT2D eigenvalue weighted by Crippen LogP contribution is 2.08. The molecule has 0 aromatic carbocycles. The summed E-state index contributed by atoms with van der Waals surface area (Å²) in [6.07, 6.45) is 0.204. The normalized spacial score (nSPS) is 11.8. The molecule has 1 aromatic rings. The molecule has 1 rings (SSSR count). The molecule has 1 amide bonds. The molecule has 1 unspecified atom stereocenters. The van der Waals surface area contributed by atoms with E-state index in [1.54, 1.807) is 11.3 Å². The molecular weight excluding hydrogens is 222 g/mol. The molecule has 0 spiro atoms. The standard InChI is InChI=1S/C11H15N3OS/c1-2-13-11(15)6-9(7-12)14-8-10-4-3-5-16-10/h3-5,9,14H,2,6,8H2,1H3,(H,13,15). The number of rotatable bonds is 6. The van der Waals surface area contributed by atoms with E-state index in [1.165, 1.54) is 0 Å². The summed E-state index contributed by atoms with van der Waals surface area (Å²) in [6.45, 7) is 3.09. The van der Waals surface area contributed by atoms with Crippen molar-refractivity contribution in [2.45, 2.75) is 25.9 Å². The summed E-state index contributed by atoms with van der Waals surface area (Å²) >= 11 is 1.63. The first-order valence-electron chi connectivity index (χ1n) is 5.18. The summed E-state index contributed by atoms with van der Waals surface area (Å²) in [7, 11) is 0. The summed E-state index contributed by atoms with van der Waals surface area (Å²) in [4.78, 5) is 12.4. The lowest BCUT2D eigenvalue weighted by atomic mass is 10.2. The van der Waals surface area contributed by atoms with Gasteiger partial charge in [-0.2, -0.15) is 5.26 Å². The van der Waals surface area contributed by atoms with Gasteiger partial charge in [-0.1, -0.05) is 6.07 Å². The van der Waals surface area contributed by atoms with E-state index in [-0.39, 0.29) is 12.3 Å². The first-order chi connectivity index (χ1) is 7.76. The predicted octanol–water partition coefficient (Wildman–Crippen LogP) is 1.26. The minimum absolute atomic E-state index is 0.0901. The molecular formula is C11H15N3OS. The van der Waals surface area contributed by atoms with E-state index >= 15 is 0 Å². The first kappa shape index (κ1) is 12.7. The molecule has 2 N–H and O–H groups in total. The maximum atomic E-state index is 11.3. The fraction of sp³-hybridized carbons (Fsp3) is 0.455. The average molecular weight is 237 g/mol. The monoisotopic (exact) mass is 237 g/mol. The number of amides is 1. The molecule has 0 bridgehead atoms. The van der Waals surface area contributed by atoms with Gasteiger partial charge in [0.15, 0.2) is 0 Å². The van der Waals surface area contributed by atoms with Crippen LogP contribution in [0, 0.1) is 11.3 Å². The number of hydrogen-bond donors (Lipinski definition) is 2. The molecule has 1 aromatic heterocycles. The Labute approximate surface area is 99.3 Å². The highest BCUT2D eigenvalue weighted by Gasteiger charge is 2.11. The van der Waals surface area contributed by atoms with Gasteiger partial charge in [0.05, 0.1) is 12.5 Å². The van der Waals surface area contributed by atoms with E-state index in [9.17, 15) is 4.79 Å². The van der Waals surface area contributed by atoms with Gasteiger partial charge in [-0.25, -0.2) is 0 Å². The lowest BCUT2D eigenvalue weighted by Gasteiger charge is -2.10. The van der Waals surface area contributed by atoms with Crippen LogP contribution in [-0.4, -0.2) is 18.5 Å².